The van der Waals surface area contributed by atoms with Gasteiger partial charge in [0.2, 0.25) is 3.79 Å². The molecule has 0 radical (unpaired) electrons. The lowest BCUT2D eigenvalue weighted by molar-refractivity contribution is 0.289. The van der Waals surface area contributed by atoms with Crippen LogP contribution < -0.4 is 0 Å². The van der Waals surface area contributed by atoms with Crippen LogP contribution in [0.2, 0.25) is 0 Å². The summed E-state index contributed by atoms with van der Waals surface area (Å²) in [7, 11) is 0.475. The van der Waals surface area contributed by atoms with E-state index in [4.69, 9.17) is 74.0 Å². The highest BCUT2D eigenvalue weighted by atomic mass is 35.6. The molecule has 0 saturated heterocycles. The Labute approximate surface area is 104 Å². The summed E-state index contributed by atoms with van der Waals surface area (Å²) >= 11 is 33.5. The van der Waals surface area contributed by atoms with Gasteiger partial charge >= 0.3 is 0 Å². The average Bonchev–Trinajstić information content (AvgIpc) is 1.84. The van der Waals surface area contributed by atoms with Crippen molar-refractivity contribution in [1.82, 2.24) is 0 Å². The second kappa shape index (κ2) is 5.13. The summed E-state index contributed by atoms with van der Waals surface area (Å²) in [6.07, 6.45) is 0.0532. The summed E-state index contributed by atoms with van der Waals surface area (Å²) in [5.41, 5.74) is -0.623. The third kappa shape index (κ3) is 4.42. The van der Waals surface area contributed by atoms with Gasteiger partial charge in [0.1, 0.15) is 16.0 Å². The molecule has 0 fully saturated rings. The predicted molar refractivity (Wildman–Crippen MR) is 60.0 cm³/mol. The van der Waals surface area contributed by atoms with Gasteiger partial charge in [-0.05, 0) is 0 Å². The van der Waals surface area contributed by atoms with Crippen molar-refractivity contribution < 1.29 is 4.43 Å². The van der Waals surface area contributed by atoms with E-state index in [1.54, 1.807) is 0 Å². The molecule has 0 heterocycles. The molecule has 0 rings (SSSR count). The molecule has 0 aliphatic carbocycles. The van der Waals surface area contributed by atoms with E-state index >= 15 is 0 Å². The molecule has 0 bridgehead atoms. The molecule has 0 spiro atoms. The van der Waals surface area contributed by atoms with Crippen LogP contribution in [-0.2, 0) is 4.43 Å². The van der Waals surface area contributed by atoms with E-state index in [9.17, 15) is 0 Å². The van der Waals surface area contributed by atoms with Gasteiger partial charge in [-0.25, -0.2) is 0 Å². The van der Waals surface area contributed by atoms with Crippen molar-refractivity contribution in [3.8, 4) is 0 Å². The van der Waals surface area contributed by atoms with E-state index in [-0.39, 0.29) is 6.42 Å². The average molecular weight is 311 g/mol. The van der Waals surface area contributed by atoms with Gasteiger partial charge in [-0.2, -0.15) is 0 Å². The fourth-order valence-electron chi connectivity index (χ4n) is 0.401. The molecular formula is C4H6Cl6OSi. The van der Waals surface area contributed by atoms with E-state index in [1.165, 1.54) is 0 Å². The Morgan fingerprint density at radius 1 is 1.17 bits per heavy atom. The van der Waals surface area contributed by atoms with Crippen LogP contribution in [0.3, 0.4) is 0 Å². The molecule has 0 aliphatic rings. The molecule has 0 aromatic rings. The van der Waals surface area contributed by atoms with Gasteiger partial charge < -0.3 is 4.43 Å². The van der Waals surface area contributed by atoms with Gasteiger partial charge in [0.25, 0.3) is 0 Å². The predicted octanol–water partition coefficient (Wildman–Crippen LogP) is 2.78. The Balaban J connectivity index is 4.22. The second-order valence-corrected chi connectivity index (χ2v) is 6.78. The van der Waals surface area contributed by atoms with Crippen LogP contribution in [0.25, 0.3) is 0 Å². The summed E-state index contributed by atoms with van der Waals surface area (Å²) in [5, 5.41) is 0. The van der Waals surface area contributed by atoms with Crippen LogP contribution in [0.1, 0.15) is 6.42 Å². The highest BCUT2D eigenvalue weighted by molar-refractivity contribution is 6.75. The molecule has 0 saturated carbocycles. The van der Waals surface area contributed by atoms with Crippen LogP contribution in [0, 0.1) is 0 Å². The van der Waals surface area contributed by atoms with Crippen molar-refractivity contribution >= 4 is 80.1 Å². The highest BCUT2D eigenvalue weighted by Gasteiger charge is 2.46. The minimum absolute atomic E-state index is 0.0532. The molecule has 1 nitrogen and oxygen atoms in total. The number of rotatable bonds is 3. The van der Waals surface area contributed by atoms with Crippen LogP contribution in [0.4, 0.5) is 0 Å². The fraction of sp³-hybridized carbons (Fsp3) is 1.00. The lowest BCUT2D eigenvalue weighted by Crippen LogP contribution is -2.34. The van der Waals surface area contributed by atoms with Crippen LogP contribution in [0.15, 0.2) is 0 Å². The Kier molecular flexibility index (Phi) is 5.94. The highest BCUT2D eigenvalue weighted by Crippen LogP contribution is 2.49. The van der Waals surface area contributed by atoms with Gasteiger partial charge in [0, 0.05) is 6.42 Å². The smallest absolute Gasteiger partial charge is 0.223 e. The van der Waals surface area contributed by atoms with Crippen molar-refractivity contribution in [1.29, 1.82) is 0 Å². The lowest BCUT2D eigenvalue weighted by atomic mass is 10.3. The van der Waals surface area contributed by atoms with Crippen molar-refractivity contribution in [2.45, 2.75) is 20.1 Å². The molecule has 12 heavy (non-hydrogen) atoms. The minimum atomic E-state index is -1.77. The minimum Gasteiger partial charge on any atom is -0.412 e. The summed E-state index contributed by atoms with van der Waals surface area (Å²) in [6, 6.07) is 0. The van der Waals surface area contributed by atoms with Gasteiger partial charge in [-0.3, -0.25) is 0 Å². The molecule has 0 amide bonds. The molecule has 0 aromatic heterocycles. The summed E-state index contributed by atoms with van der Waals surface area (Å²) in [5.74, 6) is 0. The summed E-state index contributed by atoms with van der Waals surface area (Å²) < 4.78 is 1.53. The van der Waals surface area contributed by atoms with E-state index in [0.717, 1.165) is 0 Å². The first-order valence-corrected chi connectivity index (χ1v) is 5.96. The molecule has 0 aromatic carbocycles. The standard InChI is InChI=1S/C4H6Cl6OSi/c5-2(11-12)1-3(6,7)4(8,9)10/h2H,1H2,12H3. The maximum atomic E-state index is 5.71. The van der Waals surface area contributed by atoms with E-state index in [0.29, 0.717) is 10.5 Å². The maximum Gasteiger partial charge on any atom is 0.223 e. The zero-order valence-electron chi connectivity index (χ0n) is 5.96. The third-order valence-corrected chi connectivity index (χ3v) is 4.71. The molecule has 8 heteroatoms. The topological polar surface area (TPSA) is 9.23 Å². The van der Waals surface area contributed by atoms with Gasteiger partial charge in [0.15, 0.2) is 4.33 Å². The Hall–Kier alpha value is 1.92. The molecule has 1 unspecified atom stereocenters. The Bertz CT molecular complexity index is 145. The van der Waals surface area contributed by atoms with Crippen LogP contribution in [-0.4, -0.2) is 24.2 Å². The number of alkyl halides is 6. The number of halogens is 6. The SMILES string of the molecule is [SiH3]OC(Cl)CC(Cl)(Cl)C(Cl)(Cl)Cl. The van der Waals surface area contributed by atoms with E-state index in [1.807, 2.05) is 0 Å². The normalized spacial score (nSPS) is 16.5. The van der Waals surface area contributed by atoms with Crippen molar-refractivity contribution in [2.24, 2.45) is 0 Å². The molecule has 0 aliphatic heterocycles. The summed E-state index contributed by atoms with van der Waals surface area (Å²) in [6.45, 7) is 0. The quantitative estimate of drug-likeness (QED) is 0.575. The maximum absolute atomic E-state index is 5.71. The van der Waals surface area contributed by atoms with Gasteiger partial charge in [-0.15, -0.1) is 0 Å². The van der Waals surface area contributed by atoms with Crippen molar-refractivity contribution in [3.05, 3.63) is 0 Å². The third-order valence-electron chi connectivity index (χ3n) is 1.09. The first-order valence-electron chi connectivity index (χ1n) is 2.82. The van der Waals surface area contributed by atoms with Crippen molar-refractivity contribution in [3.63, 3.8) is 0 Å². The van der Waals surface area contributed by atoms with Crippen molar-refractivity contribution in [2.75, 3.05) is 0 Å². The zero-order chi connectivity index (χ0) is 9.99. The molecular weight excluding hydrogens is 305 g/mol. The van der Waals surface area contributed by atoms with Crippen LogP contribution in [0.5, 0.6) is 0 Å². The summed E-state index contributed by atoms with van der Waals surface area (Å²) in [4.78, 5) is 0. The zero-order valence-corrected chi connectivity index (χ0v) is 12.5. The molecule has 0 N–H and O–H groups in total. The monoisotopic (exact) mass is 308 g/mol. The molecule has 74 valence electrons. The van der Waals surface area contributed by atoms with Gasteiger partial charge in [-0.1, -0.05) is 69.6 Å². The van der Waals surface area contributed by atoms with E-state index in [2.05, 4.69) is 0 Å². The van der Waals surface area contributed by atoms with Crippen LogP contribution >= 0.6 is 69.6 Å². The Morgan fingerprint density at radius 3 is 1.83 bits per heavy atom. The molecule has 1 atom stereocenters. The Morgan fingerprint density at radius 2 is 1.58 bits per heavy atom. The largest absolute Gasteiger partial charge is 0.412 e. The fourth-order valence-corrected chi connectivity index (χ4v) is 1.47. The van der Waals surface area contributed by atoms with E-state index < -0.39 is 13.7 Å². The second-order valence-electron chi connectivity index (χ2n) is 2.05. The van der Waals surface area contributed by atoms with Gasteiger partial charge in [0.05, 0.1) is 0 Å². The number of hydrogen-bond acceptors (Lipinski definition) is 1. The lowest BCUT2D eigenvalue weighted by Gasteiger charge is -2.28. The first-order chi connectivity index (χ1) is 5.20. The number of hydrogen-bond donors (Lipinski definition) is 0. The first kappa shape index (κ1) is 13.9.